The fraction of sp³-hybridized carbons (Fsp3) is 0.286. The lowest BCUT2D eigenvalue weighted by molar-refractivity contribution is -0.140. The fourth-order valence-corrected chi connectivity index (χ4v) is 4.89. The second-order valence-corrected chi connectivity index (χ2v) is 9.34. The number of nitrogens with one attached hydrogen (secondary N) is 1. The maximum Gasteiger partial charge on any atom is 0.433 e. The van der Waals surface area contributed by atoms with Gasteiger partial charge < -0.3 is 11.1 Å². The van der Waals surface area contributed by atoms with Gasteiger partial charge in [-0.1, -0.05) is 11.6 Å². The van der Waals surface area contributed by atoms with Gasteiger partial charge in [0.2, 0.25) is 5.91 Å². The number of halogens is 6. The molecule has 0 spiro atoms. The van der Waals surface area contributed by atoms with Gasteiger partial charge in [-0.05, 0) is 25.5 Å². The highest BCUT2D eigenvalue weighted by Crippen LogP contribution is 2.44. The van der Waals surface area contributed by atoms with Crippen LogP contribution in [-0.2, 0) is 24.6 Å². The van der Waals surface area contributed by atoms with Crippen molar-refractivity contribution < 1.29 is 31.5 Å². The van der Waals surface area contributed by atoms with Crippen LogP contribution in [0, 0.1) is 13.8 Å². The van der Waals surface area contributed by atoms with Crippen LogP contribution in [0.15, 0.2) is 12.3 Å². The summed E-state index contributed by atoms with van der Waals surface area (Å²) in [4.78, 5) is 28.3. The molecule has 4 heterocycles. The molecule has 4 rings (SSSR count). The first-order valence-electron chi connectivity index (χ1n) is 10.3. The highest BCUT2D eigenvalue weighted by Gasteiger charge is 2.35. The average molecular weight is 562 g/mol. The van der Waals surface area contributed by atoms with E-state index in [2.05, 4.69) is 20.5 Å². The van der Waals surface area contributed by atoms with Crippen molar-refractivity contribution in [3.05, 3.63) is 44.9 Å². The molecule has 0 aliphatic heterocycles. The van der Waals surface area contributed by atoms with E-state index in [4.69, 9.17) is 17.3 Å². The lowest BCUT2D eigenvalue weighted by Gasteiger charge is -2.12. The lowest BCUT2D eigenvalue weighted by Crippen LogP contribution is -2.22. The summed E-state index contributed by atoms with van der Waals surface area (Å²) in [5.74, 6) is -1.84. The Kier molecular flexibility index (Phi) is 6.71. The Morgan fingerprint density at radius 3 is 2.41 bits per heavy atom. The van der Waals surface area contributed by atoms with Crippen LogP contribution in [0.2, 0.25) is 5.02 Å². The third kappa shape index (κ3) is 4.75. The monoisotopic (exact) mass is 561 g/mol. The van der Waals surface area contributed by atoms with Gasteiger partial charge in [0.05, 0.1) is 22.6 Å². The number of pyridine rings is 1. The molecule has 2 amide bonds. The standard InChI is InChI=1S/C21H17ClF5N7O2S/c1-7-10(5-29-33(7)3)9-4-11(21(25,26)27)30-20-13(9)15(17(37-20)19(28)36)31-12(35)6-34-8(2)14(22)16(32-34)18(23)24/h4-5,18H,6H2,1-3H3,(H2,28,36)(H,31,35). The second-order valence-electron chi connectivity index (χ2n) is 7.96. The summed E-state index contributed by atoms with van der Waals surface area (Å²) in [6.07, 6.45) is -6.44. The van der Waals surface area contributed by atoms with E-state index < -0.39 is 42.3 Å². The number of alkyl halides is 5. The van der Waals surface area contributed by atoms with Crippen LogP contribution < -0.4 is 11.1 Å². The van der Waals surface area contributed by atoms with E-state index in [1.807, 2.05) is 0 Å². The first-order valence-corrected chi connectivity index (χ1v) is 11.5. The normalized spacial score (nSPS) is 12.1. The first kappa shape index (κ1) is 26.5. The fourth-order valence-electron chi connectivity index (χ4n) is 3.67. The largest absolute Gasteiger partial charge is 0.433 e. The molecule has 196 valence electrons. The molecule has 0 saturated heterocycles. The Morgan fingerprint density at radius 1 is 1.22 bits per heavy atom. The Bertz CT molecular complexity index is 1560. The maximum atomic E-state index is 13.7. The van der Waals surface area contributed by atoms with Crippen LogP contribution >= 0.6 is 22.9 Å². The van der Waals surface area contributed by atoms with Gasteiger partial charge >= 0.3 is 6.18 Å². The van der Waals surface area contributed by atoms with E-state index in [-0.39, 0.29) is 37.1 Å². The summed E-state index contributed by atoms with van der Waals surface area (Å²) in [5, 5.41) is 9.93. The Labute approximate surface area is 214 Å². The van der Waals surface area contributed by atoms with Gasteiger partial charge in [0, 0.05) is 23.7 Å². The number of aryl methyl sites for hydroxylation is 1. The van der Waals surface area contributed by atoms with Crippen molar-refractivity contribution in [1.82, 2.24) is 24.5 Å². The number of nitrogens with zero attached hydrogens (tertiary/aromatic N) is 5. The molecule has 0 aromatic carbocycles. The molecule has 3 N–H and O–H groups in total. The number of rotatable bonds is 6. The third-order valence-corrected chi connectivity index (χ3v) is 7.19. The number of amides is 2. The van der Waals surface area contributed by atoms with Gasteiger partial charge in [0.1, 0.15) is 27.6 Å². The zero-order valence-electron chi connectivity index (χ0n) is 19.2. The zero-order chi connectivity index (χ0) is 27.4. The molecule has 0 atom stereocenters. The molecule has 16 heteroatoms. The average Bonchev–Trinajstić information content (AvgIpc) is 3.42. The number of hydrogen-bond donors (Lipinski definition) is 2. The van der Waals surface area contributed by atoms with E-state index in [1.165, 1.54) is 17.8 Å². The van der Waals surface area contributed by atoms with Crippen molar-refractivity contribution in [2.24, 2.45) is 12.8 Å². The van der Waals surface area contributed by atoms with Crippen molar-refractivity contribution in [2.45, 2.75) is 33.0 Å². The molecule has 4 aromatic heterocycles. The van der Waals surface area contributed by atoms with Gasteiger partial charge in [-0.2, -0.15) is 23.4 Å². The van der Waals surface area contributed by atoms with E-state index >= 15 is 0 Å². The second kappa shape index (κ2) is 9.37. The van der Waals surface area contributed by atoms with Crippen molar-refractivity contribution >= 4 is 50.7 Å². The highest BCUT2D eigenvalue weighted by molar-refractivity contribution is 7.21. The van der Waals surface area contributed by atoms with E-state index in [1.54, 1.807) is 14.0 Å². The molecule has 9 nitrogen and oxygen atoms in total. The number of fused-ring (bicyclic) bond motifs is 1. The smallest absolute Gasteiger partial charge is 0.365 e. The van der Waals surface area contributed by atoms with Crippen LogP contribution in [0.25, 0.3) is 21.3 Å². The quantitative estimate of drug-likeness (QED) is 0.326. The van der Waals surface area contributed by atoms with E-state index in [9.17, 15) is 31.5 Å². The Balaban J connectivity index is 1.88. The molecule has 4 aromatic rings. The van der Waals surface area contributed by atoms with Crippen LogP contribution in [0.4, 0.5) is 27.6 Å². The number of primary amides is 1. The number of carbonyl (C=O) groups excluding carboxylic acids is 2. The van der Waals surface area contributed by atoms with Crippen LogP contribution in [0.5, 0.6) is 0 Å². The third-order valence-electron chi connectivity index (χ3n) is 5.62. The molecule has 0 fully saturated rings. The number of carbonyl (C=O) groups is 2. The molecule has 0 aliphatic rings. The number of anilines is 1. The van der Waals surface area contributed by atoms with Crippen molar-refractivity contribution in [3.8, 4) is 11.1 Å². The minimum atomic E-state index is -4.81. The summed E-state index contributed by atoms with van der Waals surface area (Å²) in [5.41, 5.74) is 4.31. The summed E-state index contributed by atoms with van der Waals surface area (Å²) < 4.78 is 69.6. The van der Waals surface area contributed by atoms with Gasteiger partial charge in [0.15, 0.2) is 0 Å². The molecule has 0 aliphatic carbocycles. The molecule has 0 unspecified atom stereocenters. The van der Waals surface area contributed by atoms with Crippen LogP contribution in [-0.4, -0.2) is 36.4 Å². The lowest BCUT2D eigenvalue weighted by atomic mass is 10.0. The van der Waals surface area contributed by atoms with Gasteiger partial charge in [0.25, 0.3) is 12.3 Å². The number of hydrogen-bond acceptors (Lipinski definition) is 6. The maximum absolute atomic E-state index is 13.7. The summed E-state index contributed by atoms with van der Waals surface area (Å²) >= 11 is 6.45. The van der Waals surface area contributed by atoms with E-state index in [0.29, 0.717) is 22.6 Å². The molecule has 37 heavy (non-hydrogen) atoms. The molecule has 0 saturated carbocycles. The van der Waals surface area contributed by atoms with Crippen molar-refractivity contribution in [3.63, 3.8) is 0 Å². The predicted molar refractivity (Wildman–Crippen MR) is 126 cm³/mol. The van der Waals surface area contributed by atoms with Crippen molar-refractivity contribution in [2.75, 3.05) is 5.32 Å². The van der Waals surface area contributed by atoms with Crippen molar-refractivity contribution in [1.29, 1.82) is 0 Å². The summed E-state index contributed by atoms with van der Waals surface area (Å²) in [7, 11) is 1.60. The van der Waals surface area contributed by atoms with Gasteiger partial charge in [-0.15, -0.1) is 11.3 Å². The summed E-state index contributed by atoms with van der Waals surface area (Å²) in [6, 6.07) is 0.797. The Hall–Kier alpha value is -3.59. The number of nitrogens with two attached hydrogens (primary N) is 1. The molecule has 0 radical (unpaired) electrons. The SMILES string of the molecule is Cc1c(-c2cc(C(F)(F)F)nc3sc(C(N)=O)c(NC(=O)Cn4nc(C(F)F)c(Cl)c4C)c23)cnn1C. The van der Waals surface area contributed by atoms with Crippen LogP contribution in [0.1, 0.15) is 38.9 Å². The van der Waals surface area contributed by atoms with E-state index in [0.717, 1.165) is 10.7 Å². The molecule has 0 bridgehead atoms. The van der Waals surface area contributed by atoms with Gasteiger partial charge in [-0.3, -0.25) is 19.0 Å². The Morgan fingerprint density at radius 2 is 1.89 bits per heavy atom. The van der Waals surface area contributed by atoms with Crippen LogP contribution in [0.3, 0.4) is 0 Å². The number of aromatic nitrogens is 5. The summed E-state index contributed by atoms with van der Waals surface area (Å²) in [6.45, 7) is 2.44. The minimum Gasteiger partial charge on any atom is -0.365 e. The minimum absolute atomic E-state index is 0.0141. The molecular weight excluding hydrogens is 545 g/mol. The zero-order valence-corrected chi connectivity index (χ0v) is 20.8. The predicted octanol–water partition coefficient (Wildman–Crippen LogP) is 4.86. The molecular formula is C21H17ClF5N7O2S. The topological polar surface area (TPSA) is 121 Å². The highest BCUT2D eigenvalue weighted by atomic mass is 35.5. The first-order chi connectivity index (χ1) is 17.2. The number of thiophene rings is 1. The van der Waals surface area contributed by atoms with Gasteiger partial charge in [-0.25, -0.2) is 13.8 Å².